The predicted octanol–water partition coefficient (Wildman–Crippen LogP) is 3.09. The van der Waals surface area contributed by atoms with Crippen LogP contribution in [-0.4, -0.2) is 12.6 Å². The molecular formula is C17H19NO3. The first-order valence-electron chi connectivity index (χ1n) is 6.84. The van der Waals surface area contributed by atoms with E-state index in [1.165, 1.54) is 0 Å². The molecule has 0 unspecified atom stereocenters. The third kappa shape index (κ3) is 4.53. The first-order valence-corrected chi connectivity index (χ1v) is 6.84. The number of nitrogen functional groups attached to an aromatic ring is 1. The van der Waals surface area contributed by atoms with Crippen LogP contribution >= 0.6 is 0 Å². The normalized spacial score (nSPS) is 10.1. The van der Waals surface area contributed by atoms with Crippen molar-refractivity contribution in [2.24, 2.45) is 0 Å². The summed E-state index contributed by atoms with van der Waals surface area (Å²) >= 11 is 0. The van der Waals surface area contributed by atoms with Crippen LogP contribution in [0.3, 0.4) is 0 Å². The van der Waals surface area contributed by atoms with E-state index in [9.17, 15) is 4.79 Å². The highest BCUT2D eigenvalue weighted by molar-refractivity contribution is 5.69. The number of esters is 1. The number of nitrogens with two attached hydrogens (primary N) is 1. The molecule has 21 heavy (non-hydrogen) atoms. The lowest BCUT2D eigenvalue weighted by molar-refractivity contribution is -0.145. The molecule has 0 heterocycles. The third-order valence-corrected chi connectivity index (χ3v) is 3.13. The minimum atomic E-state index is -0.284. The van der Waals surface area contributed by atoms with Gasteiger partial charge in [0.05, 0.1) is 18.7 Å². The molecule has 4 nitrogen and oxygen atoms in total. The Morgan fingerprint density at radius 2 is 1.81 bits per heavy atom. The van der Waals surface area contributed by atoms with E-state index >= 15 is 0 Å². The van der Waals surface area contributed by atoms with Gasteiger partial charge in [0, 0.05) is 0 Å². The molecule has 0 aliphatic heterocycles. The van der Waals surface area contributed by atoms with Gasteiger partial charge in [-0.05, 0) is 30.2 Å². The van der Waals surface area contributed by atoms with Gasteiger partial charge in [0.25, 0.3) is 0 Å². The zero-order valence-electron chi connectivity index (χ0n) is 12.0. The molecule has 2 rings (SSSR count). The predicted molar refractivity (Wildman–Crippen MR) is 81.9 cm³/mol. The fourth-order valence-electron chi connectivity index (χ4n) is 1.86. The maximum atomic E-state index is 11.7. The van der Waals surface area contributed by atoms with Crippen LogP contribution in [-0.2, 0) is 16.1 Å². The summed E-state index contributed by atoms with van der Waals surface area (Å²) in [7, 11) is 0. The second kappa shape index (κ2) is 7.33. The average molecular weight is 285 g/mol. The van der Waals surface area contributed by atoms with Crippen molar-refractivity contribution in [2.75, 3.05) is 12.3 Å². The van der Waals surface area contributed by atoms with Gasteiger partial charge in [-0.2, -0.15) is 0 Å². The Bertz CT molecular complexity index is 610. The second-order valence-electron chi connectivity index (χ2n) is 4.72. The minimum absolute atomic E-state index is 0.195. The van der Waals surface area contributed by atoms with E-state index in [2.05, 4.69) is 0 Å². The van der Waals surface area contributed by atoms with Crippen LogP contribution in [0.25, 0.3) is 0 Å². The Kier molecular flexibility index (Phi) is 5.21. The third-order valence-electron chi connectivity index (χ3n) is 3.13. The highest BCUT2D eigenvalue weighted by Gasteiger charge is 2.06. The van der Waals surface area contributed by atoms with Crippen LogP contribution in [0.1, 0.15) is 17.5 Å². The zero-order valence-corrected chi connectivity index (χ0v) is 12.0. The largest absolute Gasteiger partial charge is 0.491 e. The molecule has 0 saturated heterocycles. The average Bonchev–Trinajstić information content (AvgIpc) is 2.48. The number of para-hydroxylation sites is 2. The molecule has 2 aromatic carbocycles. The molecule has 4 heteroatoms. The maximum Gasteiger partial charge on any atom is 0.309 e. The van der Waals surface area contributed by atoms with Gasteiger partial charge < -0.3 is 15.2 Å². The number of aryl methyl sites for hydroxylation is 1. The number of carbonyl (C=O) groups excluding carboxylic acids is 1. The fourth-order valence-corrected chi connectivity index (χ4v) is 1.86. The fraction of sp³-hybridized carbons (Fsp3) is 0.235. The van der Waals surface area contributed by atoms with Gasteiger partial charge in [-0.15, -0.1) is 0 Å². The zero-order chi connectivity index (χ0) is 15.1. The van der Waals surface area contributed by atoms with Crippen molar-refractivity contribution in [2.45, 2.75) is 20.0 Å². The summed E-state index contributed by atoms with van der Waals surface area (Å²) in [6.45, 7) is 2.53. The molecule has 0 fully saturated rings. The molecule has 0 radical (unpaired) electrons. The molecule has 110 valence electrons. The van der Waals surface area contributed by atoms with Crippen molar-refractivity contribution < 1.29 is 14.3 Å². The number of hydrogen-bond donors (Lipinski definition) is 1. The molecule has 0 amide bonds. The van der Waals surface area contributed by atoms with Crippen molar-refractivity contribution in [3.8, 4) is 5.75 Å². The molecule has 2 aromatic rings. The van der Waals surface area contributed by atoms with E-state index < -0.39 is 0 Å². The number of anilines is 1. The molecule has 0 bridgehead atoms. The molecule has 0 spiro atoms. The lowest BCUT2D eigenvalue weighted by Gasteiger charge is -2.09. The number of hydrogen-bond acceptors (Lipinski definition) is 4. The molecule has 0 atom stereocenters. The standard InChI is InChI=1S/C17H19NO3/c1-13-6-2-3-7-14(13)12-21-17(19)10-11-20-16-9-5-4-8-15(16)18/h2-9H,10-12,18H2,1H3. The van der Waals surface area contributed by atoms with E-state index in [0.29, 0.717) is 18.0 Å². The highest BCUT2D eigenvalue weighted by Crippen LogP contribution is 2.19. The Hall–Kier alpha value is -2.49. The molecule has 0 saturated carbocycles. The minimum Gasteiger partial charge on any atom is -0.491 e. The monoisotopic (exact) mass is 285 g/mol. The van der Waals surface area contributed by atoms with Crippen LogP contribution in [0, 0.1) is 6.92 Å². The van der Waals surface area contributed by atoms with E-state index in [1.807, 2.05) is 43.3 Å². The van der Waals surface area contributed by atoms with E-state index in [4.69, 9.17) is 15.2 Å². The summed E-state index contributed by atoms with van der Waals surface area (Å²) in [4.78, 5) is 11.7. The van der Waals surface area contributed by atoms with Gasteiger partial charge in [-0.25, -0.2) is 0 Å². The van der Waals surface area contributed by atoms with Crippen LogP contribution in [0.2, 0.25) is 0 Å². The number of benzene rings is 2. The summed E-state index contributed by atoms with van der Waals surface area (Å²) in [5.74, 6) is 0.303. The van der Waals surface area contributed by atoms with Crippen molar-refractivity contribution >= 4 is 11.7 Å². The van der Waals surface area contributed by atoms with Crippen LogP contribution in [0.5, 0.6) is 5.75 Å². The van der Waals surface area contributed by atoms with Gasteiger partial charge in [0.1, 0.15) is 12.4 Å². The smallest absolute Gasteiger partial charge is 0.309 e. The molecule has 0 aliphatic carbocycles. The summed E-state index contributed by atoms with van der Waals surface area (Å²) in [5, 5.41) is 0. The first-order chi connectivity index (χ1) is 10.2. The van der Waals surface area contributed by atoms with Gasteiger partial charge in [-0.3, -0.25) is 4.79 Å². The van der Waals surface area contributed by atoms with Crippen molar-refractivity contribution in [3.63, 3.8) is 0 Å². The van der Waals surface area contributed by atoms with Gasteiger partial charge in [0.2, 0.25) is 0 Å². The summed E-state index contributed by atoms with van der Waals surface area (Å²) in [5.41, 5.74) is 8.43. The maximum absolute atomic E-state index is 11.7. The van der Waals surface area contributed by atoms with Gasteiger partial charge >= 0.3 is 5.97 Å². The van der Waals surface area contributed by atoms with E-state index in [1.54, 1.807) is 12.1 Å². The Morgan fingerprint density at radius 3 is 2.57 bits per heavy atom. The number of carbonyl (C=O) groups is 1. The Morgan fingerprint density at radius 1 is 1.10 bits per heavy atom. The highest BCUT2D eigenvalue weighted by atomic mass is 16.5. The second-order valence-corrected chi connectivity index (χ2v) is 4.72. The first kappa shape index (κ1) is 14.9. The van der Waals surface area contributed by atoms with E-state index in [-0.39, 0.29) is 19.0 Å². The van der Waals surface area contributed by atoms with Crippen molar-refractivity contribution in [1.29, 1.82) is 0 Å². The summed E-state index contributed by atoms with van der Waals surface area (Å²) < 4.78 is 10.7. The van der Waals surface area contributed by atoms with Crippen molar-refractivity contribution in [3.05, 3.63) is 59.7 Å². The Balaban J connectivity index is 1.73. The molecule has 2 N–H and O–H groups in total. The SMILES string of the molecule is Cc1ccccc1COC(=O)CCOc1ccccc1N. The van der Waals surface area contributed by atoms with Crippen LogP contribution in [0.4, 0.5) is 5.69 Å². The van der Waals surface area contributed by atoms with Gasteiger partial charge in [-0.1, -0.05) is 36.4 Å². The van der Waals surface area contributed by atoms with E-state index in [0.717, 1.165) is 11.1 Å². The summed E-state index contributed by atoms with van der Waals surface area (Å²) in [6, 6.07) is 15.0. The summed E-state index contributed by atoms with van der Waals surface area (Å²) in [6.07, 6.45) is 0.195. The molecular weight excluding hydrogens is 266 g/mol. The van der Waals surface area contributed by atoms with Gasteiger partial charge in [0.15, 0.2) is 0 Å². The Labute approximate surface area is 124 Å². The van der Waals surface area contributed by atoms with Crippen molar-refractivity contribution in [1.82, 2.24) is 0 Å². The van der Waals surface area contributed by atoms with Crippen LogP contribution < -0.4 is 10.5 Å². The number of ether oxygens (including phenoxy) is 2. The number of rotatable bonds is 6. The quantitative estimate of drug-likeness (QED) is 0.654. The lowest BCUT2D eigenvalue weighted by atomic mass is 10.1. The van der Waals surface area contributed by atoms with Crippen LogP contribution in [0.15, 0.2) is 48.5 Å². The molecule has 0 aromatic heterocycles. The lowest BCUT2D eigenvalue weighted by Crippen LogP contribution is -2.10. The topological polar surface area (TPSA) is 61.5 Å². The molecule has 0 aliphatic rings.